The van der Waals surface area contributed by atoms with Crippen LogP contribution in [0.25, 0.3) is 0 Å². The molecule has 0 radical (unpaired) electrons. The molecule has 1 saturated heterocycles. The second-order valence-corrected chi connectivity index (χ2v) is 6.31. The highest BCUT2D eigenvalue weighted by Gasteiger charge is 2.23. The Morgan fingerprint density at radius 3 is 2.54 bits per heavy atom. The van der Waals surface area contributed by atoms with E-state index in [2.05, 4.69) is 17.0 Å². The zero-order valence-electron chi connectivity index (χ0n) is 13.7. The predicted octanol–water partition coefficient (Wildman–Crippen LogP) is 3.31. The summed E-state index contributed by atoms with van der Waals surface area (Å²) in [7, 11) is 1.68. The Kier molecular flexibility index (Phi) is 5.38. The van der Waals surface area contributed by atoms with Crippen molar-refractivity contribution in [2.24, 2.45) is 0 Å². The van der Waals surface area contributed by atoms with Crippen molar-refractivity contribution in [1.82, 2.24) is 9.80 Å². The second-order valence-electron chi connectivity index (χ2n) is 5.90. The number of ether oxygens (including phenoxy) is 1. The molecule has 1 fully saturated rings. The molecule has 1 aliphatic heterocycles. The number of hydrogen-bond acceptors (Lipinski definition) is 3. The highest BCUT2D eigenvalue weighted by Crippen LogP contribution is 2.19. The lowest BCUT2D eigenvalue weighted by Gasteiger charge is -2.35. The number of carbonyl (C=O) groups excluding carboxylic acids is 1. The quantitative estimate of drug-likeness (QED) is 0.853. The molecule has 1 aliphatic rings. The van der Waals surface area contributed by atoms with Crippen molar-refractivity contribution in [3.8, 4) is 5.75 Å². The topological polar surface area (TPSA) is 32.8 Å². The summed E-state index contributed by atoms with van der Waals surface area (Å²) in [6.07, 6.45) is 0. The molecule has 0 N–H and O–H groups in total. The van der Waals surface area contributed by atoms with Crippen LogP contribution in [0.5, 0.6) is 5.75 Å². The van der Waals surface area contributed by atoms with Crippen molar-refractivity contribution in [2.75, 3.05) is 33.3 Å². The zero-order chi connectivity index (χ0) is 16.9. The second kappa shape index (κ2) is 7.69. The molecule has 3 rings (SSSR count). The fourth-order valence-electron chi connectivity index (χ4n) is 2.94. The van der Waals surface area contributed by atoms with Crippen LogP contribution < -0.4 is 4.74 Å². The lowest BCUT2D eigenvalue weighted by Crippen LogP contribution is -2.48. The first-order valence-electron chi connectivity index (χ1n) is 8.06. The SMILES string of the molecule is COc1cccc(CN2CCN(C(=O)c3ccccc3Cl)CC2)c1. The van der Waals surface area contributed by atoms with Gasteiger partial charge in [-0.25, -0.2) is 0 Å². The summed E-state index contributed by atoms with van der Waals surface area (Å²) in [5.41, 5.74) is 1.81. The van der Waals surface area contributed by atoms with Crippen molar-refractivity contribution >= 4 is 17.5 Å². The molecular weight excluding hydrogens is 324 g/mol. The van der Waals surface area contributed by atoms with Gasteiger partial charge in [0, 0.05) is 32.7 Å². The van der Waals surface area contributed by atoms with Gasteiger partial charge >= 0.3 is 0 Å². The Morgan fingerprint density at radius 1 is 1.08 bits per heavy atom. The molecule has 0 bridgehead atoms. The van der Waals surface area contributed by atoms with E-state index in [1.54, 1.807) is 19.2 Å². The van der Waals surface area contributed by atoms with Crippen molar-refractivity contribution in [2.45, 2.75) is 6.54 Å². The minimum absolute atomic E-state index is 0.0154. The fourth-order valence-corrected chi connectivity index (χ4v) is 3.16. The largest absolute Gasteiger partial charge is 0.497 e. The lowest BCUT2D eigenvalue weighted by atomic mass is 10.1. The van der Waals surface area contributed by atoms with Gasteiger partial charge in [-0.3, -0.25) is 9.69 Å². The molecular formula is C19H21ClN2O2. The highest BCUT2D eigenvalue weighted by molar-refractivity contribution is 6.33. The van der Waals surface area contributed by atoms with Gasteiger partial charge in [-0.15, -0.1) is 0 Å². The summed E-state index contributed by atoms with van der Waals surface area (Å²) >= 11 is 6.13. The first-order chi connectivity index (χ1) is 11.7. The standard InChI is InChI=1S/C19H21ClN2O2/c1-24-16-6-4-5-15(13-16)14-21-9-11-22(12-10-21)19(23)17-7-2-3-8-18(17)20/h2-8,13H,9-12,14H2,1H3. The van der Waals surface area contributed by atoms with Gasteiger partial charge in [-0.2, -0.15) is 0 Å². The van der Waals surface area contributed by atoms with E-state index in [9.17, 15) is 4.79 Å². The highest BCUT2D eigenvalue weighted by atomic mass is 35.5. The summed E-state index contributed by atoms with van der Waals surface area (Å²) in [6, 6.07) is 15.3. The average Bonchev–Trinajstić information content (AvgIpc) is 2.62. The molecule has 4 nitrogen and oxygen atoms in total. The van der Waals surface area contributed by atoms with Crippen LogP contribution in [0.1, 0.15) is 15.9 Å². The molecule has 5 heteroatoms. The first kappa shape index (κ1) is 16.8. The Labute approximate surface area is 147 Å². The molecule has 2 aromatic rings. The van der Waals surface area contributed by atoms with E-state index < -0.39 is 0 Å². The Bertz CT molecular complexity index is 712. The molecule has 0 spiro atoms. The lowest BCUT2D eigenvalue weighted by molar-refractivity contribution is 0.0628. The van der Waals surface area contributed by atoms with Crippen molar-refractivity contribution in [3.63, 3.8) is 0 Å². The number of hydrogen-bond donors (Lipinski definition) is 0. The third kappa shape index (κ3) is 3.89. The van der Waals surface area contributed by atoms with Gasteiger partial charge < -0.3 is 9.64 Å². The van der Waals surface area contributed by atoms with Gasteiger partial charge in [-0.1, -0.05) is 35.9 Å². The van der Waals surface area contributed by atoms with Crippen LogP contribution in [0.15, 0.2) is 48.5 Å². The van der Waals surface area contributed by atoms with Crippen LogP contribution in [0, 0.1) is 0 Å². The van der Waals surface area contributed by atoms with E-state index in [0.29, 0.717) is 23.7 Å². The minimum Gasteiger partial charge on any atom is -0.497 e. The summed E-state index contributed by atoms with van der Waals surface area (Å²) < 4.78 is 5.27. The van der Waals surface area contributed by atoms with E-state index >= 15 is 0 Å². The van der Waals surface area contributed by atoms with E-state index in [1.807, 2.05) is 29.2 Å². The molecule has 2 aromatic carbocycles. The van der Waals surface area contributed by atoms with Crippen molar-refractivity contribution in [3.05, 3.63) is 64.7 Å². The third-order valence-corrected chi connectivity index (χ3v) is 4.63. The number of methoxy groups -OCH3 is 1. The normalized spacial score (nSPS) is 15.3. The van der Waals surface area contributed by atoms with Gasteiger partial charge in [0.15, 0.2) is 0 Å². The monoisotopic (exact) mass is 344 g/mol. The molecule has 24 heavy (non-hydrogen) atoms. The Balaban J connectivity index is 1.57. The number of carbonyl (C=O) groups is 1. The predicted molar refractivity (Wildman–Crippen MR) is 95.6 cm³/mol. The van der Waals surface area contributed by atoms with Gasteiger partial charge in [0.1, 0.15) is 5.75 Å². The number of benzene rings is 2. The molecule has 0 unspecified atom stereocenters. The van der Waals surface area contributed by atoms with Crippen LogP contribution in [0.2, 0.25) is 5.02 Å². The third-order valence-electron chi connectivity index (χ3n) is 4.30. The maximum Gasteiger partial charge on any atom is 0.255 e. The summed E-state index contributed by atoms with van der Waals surface area (Å²) in [5, 5.41) is 0.515. The van der Waals surface area contributed by atoms with Gasteiger partial charge in [0.2, 0.25) is 0 Å². The van der Waals surface area contributed by atoms with Crippen LogP contribution >= 0.6 is 11.6 Å². The molecule has 1 heterocycles. The number of amides is 1. The van der Waals surface area contributed by atoms with Crippen molar-refractivity contribution < 1.29 is 9.53 Å². The summed E-state index contributed by atoms with van der Waals surface area (Å²) in [6.45, 7) is 4.01. The molecule has 0 aromatic heterocycles. The van der Waals surface area contributed by atoms with Crippen LogP contribution in [-0.2, 0) is 6.54 Å². The number of halogens is 1. The van der Waals surface area contributed by atoms with E-state index in [0.717, 1.165) is 25.4 Å². The smallest absolute Gasteiger partial charge is 0.255 e. The number of rotatable bonds is 4. The van der Waals surface area contributed by atoms with Gasteiger partial charge in [-0.05, 0) is 29.8 Å². The van der Waals surface area contributed by atoms with E-state index in [1.165, 1.54) is 5.56 Å². The molecule has 126 valence electrons. The van der Waals surface area contributed by atoms with E-state index in [-0.39, 0.29) is 5.91 Å². The van der Waals surface area contributed by atoms with Crippen molar-refractivity contribution in [1.29, 1.82) is 0 Å². The minimum atomic E-state index is 0.0154. The summed E-state index contributed by atoms with van der Waals surface area (Å²) in [5.74, 6) is 0.890. The zero-order valence-corrected chi connectivity index (χ0v) is 14.5. The molecule has 0 saturated carbocycles. The fraction of sp³-hybridized carbons (Fsp3) is 0.316. The van der Waals surface area contributed by atoms with Gasteiger partial charge in [0.05, 0.1) is 17.7 Å². The van der Waals surface area contributed by atoms with Crippen LogP contribution in [0.4, 0.5) is 0 Å². The van der Waals surface area contributed by atoms with Gasteiger partial charge in [0.25, 0.3) is 5.91 Å². The average molecular weight is 345 g/mol. The Morgan fingerprint density at radius 2 is 1.83 bits per heavy atom. The van der Waals surface area contributed by atoms with Crippen LogP contribution in [-0.4, -0.2) is 49.0 Å². The van der Waals surface area contributed by atoms with E-state index in [4.69, 9.17) is 16.3 Å². The first-order valence-corrected chi connectivity index (χ1v) is 8.44. The maximum absolute atomic E-state index is 12.6. The molecule has 0 atom stereocenters. The maximum atomic E-state index is 12.6. The molecule has 0 aliphatic carbocycles. The Hall–Kier alpha value is -2.04. The van der Waals surface area contributed by atoms with Crippen LogP contribution in [0.3, 0.4) is 0 Å². The summed E-state index contributed by atoms with van der Waals surface area (Å²) in [4.78, 5) is 16.8. The number of piperazine rings is 1. The number of nitrogens with zero attached hydrogens (tertiary/aromatic N) is 2. The molecule has 1 amide bonds.